The monoisotopic (exact) mass is 311 g/mol. The van der Waals surface area contributed by atoms with Crippen molar-refractivity contribution in [3.63, 3.8) is 0 Å². The van der Waals surface area contributed by atoms with Crippen LogP contribution in [0.5, 0.6) is 0 Å². The molecule has 0 radical (unpaired) electrons. The van der Waals surface area contributed by atoms with Gasteiger partial charge in [0.2, 0.25) is 0 Å². The van der Waals surface area contributed by atoms with Crippen LogP contribution in [0.25, 0.3) is 0 Å². The third-order valence-corrected chi connectivity index (χ3v) is 3.56. The van der Waals surface area contributed by atoms with E-state index in [0.29, 0.717) is 0 Å². The number of rotatable bonds is 4. The lowest BCUT2D eigenvalue weighted by Gasteiger charge is -2.19. The summed E-state index contributed by atoms with van der Waals surface area (Å²) in [5, 5.41) is 12.2. The van der Waals surface area contributed by atoms with Crippen LogP contribution in [-0.4, -0.2) is 26.1 Å². The Morgan fingerprint density at radius 2 is 2.11 bits per heavy atom. The second-order valence-corrected chi connectivity index (χ2v) is 5.18. The van der Waals surface area contributed by atoms with Crippen molar-refractivity contribution < 1.29 is 0 Å². The Balaban J connectivity index is 2.49. The van der Waals surface area contributed by atoms with Gasteiger partial charge < -0.3 is 5.32 Å². The van der Waals surface area contributed by atoms with Gasteiger partial charge in [-0.1, -0.05) is 6.92 Å². The van der Waals surface area contributed by atoms with Gasteiger partial charge in [-0.3, -0.25) is 9.36 Å². The van der Waals surface area contributed by atoms with Crippen LogP contribution in [0.4, 0.5) is 0 Å². The Hall–Kier alpha value is -1.14. The van der Waals surface area contributed by atoms with Crippen LogP contribution in [0.2, 0.25) is 0 Å². The van der Waals surface area contributed by atoms with E-state index in [1.165, 1.54) is 0 Å². The Bertz CT molecular complexity index is 523. The van der Waals surface area contributed by atoms with Crippen LogP contribution in [0, 0.1) is 6.92 Å². The fourth-order valence-corrected chi connectivity index (χ4v) is 2.77. The number of nitrogens with zero attached hydrogens (tertiary/aromatic N) is 4. The van der Waals surface area contributed by atoms with E-state index in [4.69, 9.17) is 0 Å². The fraction of sp³-hybridized carbons (Fsp3) is 0.500. The molecule has 0 saturated carbocycles. The molecule has 98 valence electrons. The molecule has 1 N–H and O–H groups in total. The number of hydrogen-bond acceptors (Lipinski definition) is 3. The highest BCUT2D eigenvalue weighted by atomic mass is 79.9. The summed E-state index contributed by atoms with van der Waals surface area (Å²) in [6, 6.07) is 2.19. The number of hydrogen-bond donors (Lipinski definition) is 1. The van der Waals surface area contributed by atoms with Crippen LogP contribution in [0.3, 0.4) is 0 Å². The van der Waals surface area contributed by atoms with Crippen LogP contribution in [-0.2, 0) is 14.1 Å². The average Bonchev–Trinajstić information content (AvgIpc) is 2.80. The predicted octanol–water partition coefficient (Wildman–Crippen LogP) is 1.92. The Morgan fingerprint density at radius 3 is 2.56 bits per heavy atom. The predicted molar refractivity (Wildman–Crippen MR) is 74.4 cm³/mol. The molecular formula is C12H18BrN5. The van der Waals surface area contributed by atoms with Crippen molar-refractivity contribution in [2.75, 3.05) is 6.54 Å². The summed E-state index contributed by atoms with van der Waals surface area (Å²) in [4.78, 5) is 0. The Kier molecular flexibility index (Phi) is 3.87. The summed E-state index contributed by atoms with van der Waals surface area (Å²) in [7, 11) is 3.92. The smallest absolute Gasteiger partial charge is 0.0930 e. The first kappa shape index (κ1) is 13.3. The fourth-order valence-electron chi connectivity index (χ4n) is 2.19. The topological polar surface area (TPSA) is 47.7 Å². The number of halogens is 1. The molecule has 6 heteroatoms. The van der Waals surface area contributed by atoms with Gasteiger partial charge in [0.1, 0.15) is 0 Å². The average molecular weight is 312 g/mol. The highest BCUT2D eigenvalue weighted by Gasteiger charge is 2.23. The first-order valence-electron chi connectivity index (χ1n) is 5.96. The molecule has 0 bridgehead atoms. The molecule has 0 aliphatic carbocycles. The van der Waals surface area contributed by atoms with Gasteiger partial charge in [-0.05, 0) is 35.5 Å². The van der Waals surface area contributed by atoms with E-state index in [1.54, 1.807) is 0 Å². The summed E-state index contributed by atoms with van der Waals surface area (Å²) in [5.74, 6) is 0. The van der Waals surface area contributed by atoms with Crippen LogP contribution in [0.1, 0.15) is 30.0 Å². The van der Waals surface area contributed by atoms with Gasteiger partial charge in [-0.15, -0.1) is 0 Å². The van der Waals surface area contributed by atoms with E-state index in [9.17, 15) is 0 Å². The van der Waals surface area contributed by atoms with Crippen LogP contribution in [0.15, 0.2) is 16.7 Å². The normalized spacial score (nSPS) is 12.9. The van der Waals surface area contributed by atoms with Gasteiger partial charge in [0.25, 0.3) is 0 Å². The summed E-state index contributed by atoms with van der Waals surface area (Å²) in [5.41, 5.74) is 3.27. The van der Waals surface area contributed by atoms with Gasteiger partial charge in [-0.2, -0.15) is 10.2 Å². The van der Waals surface area contributed by atoms with Gasteiger partial charge in [0.15, 0.2) is 0 Å². The third-order valence-electron chi connectivity index (χ3n) is 2.95. The second kappa shape index (κ2) is 5.24. The van der Waals surface area contributed by atoms with Gasteiger partial charge in [0.05, 0.1) is 33.8 Å². The largest absolute Gasteiger partial charge is 0.304 e. The first-order valence-corrected chi connectivity index (χ1v) is 6.75. The molecule has 18 heavy (non-hydrogen) atoms. The molecule has 0 spiro atoms. The lowest BCUT2D eigenvalue weighted by Crippen LogP contribution is -2.26. The van der Waals surface area contributed by atoms with E-state index in [1.807, 2.05) is 36.6 Å². The van der Waals surface area contributed by atoms with Gasteiger partial charge in [0, 0.05) is 14.1 Å². The van der Waals surface area contributed by atoms with Crippen LogP contribution >= 0.6 is 15.9 Å². The van der Waals surface area contributed by atoms with E-state index in [2.05, 4.69) is 44.4 Å². The third kappa shape index (κ3) is 2.35. The SMILES string of the molecule is CCNC(c1cc(C)nn1C)c1c(Br)cnn1C. The van der Waals surface area contributed by atoms with Crippen molar-refractivity contribution in [2.45, 2.75) is 19.9 Å². The zero-order valence-corrected chi connectivity index (χ0v) is 12.7. The Morgan fingerprint density at radius 1 is 1.39 bits per heavy atom. The molecule has 1 unspecified atom stereocenters. The van der Waals surface area contributed by atoms with Crippen molar-refractivity contribution in [2.24, 2.45) is 14.1 Å². The minimum Gasteiger partial charge on any atom is -0.304 e. The lowest BCUT2D eigenvalue weighted by atomic mass is 10.1. The van der Waals surface area contributed by atoms with Crippen molar-refractivity contribution >= 4 is 15.9 Å². The zero-order valence-electron chi connectivity index (χ0n) is 11.1. The quantitative estimate of drug-likeness (QED) is 0.938. The summed E-state index contributed by atoms with van der Waals surface area (Å²) >= 11 is 3.56. The molecule has 1 atom stereocenters. The highest BCUT2D eigenvalue weighted by molar-refractivity contribution is 9.10. The van der Waals surface area contributed by atoms with E-state index < -0.39 is 0 Å². The van der Waals surface area contributed by atoms with Crippen molar-refractivity contribution in [1.29, 1.82) is 0 Å². The summed E-state index contributed by atoms with van der Waals surface area (Å²) < 4.78 is 4.82. The first-order chi connectivity index (χ1) is 8.54. The van der Waals surface area contributed by atoms with E-state index in [0.717, 1.165) is 28.1 Å². The maximum Gasteiger partial charge on any atom is 0.0930 e. The molecule has 0 saturated heterocycles. The molecule has 2 aromatic rings. The molecular weight excluding hydrogens is 294 g/mol. The molecule has 2 aromatic heterocycles. The number of aryl methyl sites for hydroxylation is 3. The molecule has 2 heterocycles. The minimum atomic E-state index is 0.0862. The molecule has 0 aromatic carbocycles. The molecule has 0 fully saturated rings. The zero-order chi connectivity index (χ0) is 13.3. The van der Waals surface area contributed by atoms with E-state index in [-0.39, 0.29) is 6.04 Å². The van der Waals surface area contributed by atoms with E-state index >= 15 is 0 Å². The molecule has 0 aliphatic rings. The molecule has 0 aliphatic heterocycles. The van der Waals surface area contributed by atoms with Crippen LogP contribution < -0.4 is 5.32 Å². The lowest BCUT2D eigenvalue weighted by molar-refractivity contribution is 0.532. The number of aromatic nitrogens is 4. The summed E-state index contributed by atoms with van der Waals surface area (Å²) in [6.45, 7) is 4.98. The second-order valence-electron chi connectivity index (χ2n) is 4.33. The molecule has 5 nitrogen and oxygen atoms in total. The van der Waals surface area contributed by atoms with Gasteiger partial charge >= 0.3 is 0 Å². The number of nitrogens with one attached hydrogen (secondary N) is 1. The maximum atomic E-state index is 4.42. The molecule has 0 amide bonds. The van der Waals surface area contributed by atoms with Crippen molar-refractivity contribution in [1.82, 2.24) is 24.9 Å². The summed E-state index contributed by atoms with van der Waals surface area (Å²) in [6.07, 6.45) is 1.82. The van der Waals surface area contributed by atoms with Crippen molar-refractivity contribution in [3.05, 3.63) is 33.8 Å². The molecule has 2 rings (SSSR count). The van der Waals surface area contributed by atoms with Crippen molar-refractivity contribution in [3.8, 4) is 0 Å². The minimum absolute atomic E-state index is 0.0862. The highest BCUT2D eigenvalue weighted by Crippen LogP contribution is 2.28. The standard InChI is InChI=1S/C12H18BrN5/c1-5-14-11(10-6-8(2)16-17(10)3)12-9(13)7-15-18(12)4/h6-7,11,14H,5H2,1-4H3. The van der Waals surface area contributed by atoms with Gasteiger partial charge in [-0.25, -0.2) is 0 Å². The maximum absolute atomic E-state index is 4.42. The Labute approximate surface area is 115 Å².